The first-order valence-corrected chi connectivity index (χ1v) is 7.73. The lowest BCUT2D eigenvalue weighted by Crippen LogP contribution is -1.85. The monoisotopic (exact) mass is 259 g/mol. The molecule has 0 aliphatic heterocycles. The first-order valence-electron chi connectivity index (χ1n) is 7.73. The molecule has 108 valence electrons. The molecule has 0 heteroatoms. The van der Waals surface area contributed by atoms with E-state index in [0.717, 1.165) is 25.7 Å². The van der Waals surface area contributed by atoms with Gasteiger partial charge in [0.2, 0.25) is 0 Å². The summed E-state index contributed by atoms with van der Waals surface area (Å²) in [5.41, 5.74) is 0. The van der Waals surface area contributed by atoms with Crippen molar-refractivity contribution in [3.05, 3.63) is 55.5 Å². The van der Waals surface area contributed by atoms with E-state index in [1.54, 1.807) is 0 Å². The molecule has 19 heavy (non-hydrogen) atoms. The minimum atomic E-state index is 0.625. The van der Waals surface area contributed by atoms with Gasteiger partial charge in [-0.1, -0.05) is 75.3 Å². The predicted octanol–water partition coefficient (Wildman–Crippen LogP) is 6.43. The molecule has 0 saturated carbocycles. The quantitative estimate of drug-likeness (QED) is 0.173. The number of unbranched alkanes of at least 4 members (excludes halogenated alkanes) is 3. The zero-order chi connectivity index (χ0) is 14.2. The zero-order valence-electron chi connectivity index (χ0n) is 12.9. The summed E-state index contributed by atoms with van der Waals surface area (Å²) in [6.07, 6.45) is 25.9. The van der Waals surface area contributed by atoms with Crippen LogP contribution in [-0.2, 0) is 0 Å². The summed E-state index contributed by atoms with van der Waals surface area (Å²) < 4.78 is 0. The third-order valence-corrected chi connectivity index (χ3v) is 2.91. The minimum absolute atomic E-state index is 0.625. The van der Waals surface area contributed by atoms with Crippen LogP contribution in [0.3, 0.4) is 0 Å². The van der Waals surface area contributed by atoms with E-state index >= 15 is 0 Å². The fraction of sp³-hybridized carbons (Fsp3) is 0.526. The Morgan fingerprint density at radius 2 is 1.79 bits per heavy atom. The van der Waals surface area contributed by atoms with E-state index in [4.69, 9.17) is 0 Å². The minimum Gasteiger partial charge on any atom is -0.343 e. The molecule has 0 aromatic carbocycles. The van der Waals surface area contributed by atoms with E-state index in [1.807, 2.05) is 0 Å². The topological polar surface area (TPSA) is 0 Å². The SMILES string of the molecule is [CH2-]CCCC/C=C\CC(C)/C=C/C=C\C/C=C\CC. The van der Waals surface area contributed by atoms with Gasteiger partial charge in [-0.3, -0.25) is 0 Å². The van der Waals surface area contributed by atoms with Crippen LogP contribution < -0.4 is 0 Å². The zero-order valence-corrected chi connectivity index (χ0v) is 12.9. The van der Waals surface area contributed by atoms with Gasteiger partial charge < -0.3 is 6.92 Å². The molecule has 0 spiro atoms. The van der Waals surface area contributed by atoms with Gasteiger partial charge in [0.1, 0.15) is 0 Å². The normalized spacial score (nSPS) is 14.5. The second kappa shape index (κ2) is 15.0. The highest BCUT2D eigenvalue weighted by Crippen LogP contribution is 2.07. The average molecular weight is 259 g/mol. The van der Waals surface area contributed by atoms with Crippen molar-refractivity contribution in [1.82, 2.24) is 0 Å². The Balaban J connectivity index is 3.61. The molecule has 0 radical (unpaired) electrons. The van der Waals surface area contributed by atoms with Crippen molar-refractivity contribution in [2.24, 2.45) is 5.92 Å². The number of hydrogen-bond acceptors (Lipinski definition) is 0. The van der Waals surface area contributed by atoms with E-state index in [1.165, 1.54) is 19.3 Å². The van der Waals surface area contributed by atoms with Gasteiger partial charge in [0, 0.05) is 0 Å². The summed E-state index contributed by atoms with van der Waals surface area (Å²) in [4.78, 5) is 0. The summed E-state index contributed by atoms with van der Waals surface area (Å²) in [7, 11) is 0. The van der Waals surface area contributed by atoms with E-state index in [0.29, 0.717) is 5.92 Å². The smallest absolute Gasteiger partial charge is 0.0166 e. The van der Waals surface area contributed by atoms with Crippen LogP contribution in [0.25, 0.3) is 0 Å². The van der Waals surface area contributed by atoms with Crippen LogP contribution in [0.4, 0.5) is 0 Å². The van der Waals surface area contributed by atoms with Gasteiger partial charge in [-0.2, -0.15) is 6.42 Å². The Bertz CT molecular complexity index is 278. The first kappa shape index (κ1) is 18.0. The Morgan fingerprint density at radius 3 is 2.53 bits per heavy atom. The lowest BCUT2D eigenvalue weighted by molar-refractivity contribution is 0.731. The highest BCUT2D eigenvalue weighted by Gasteiger charge is 1.91. The summed E-state index contributed by atoms with van der Waals surface area (Å²) in [6, 6.07) is 0. The van der Waals surface area contributed by atoms with Crippen molar-refractivity contribution in [3.63, 3.8) is 0 Å². The molecule has 0 fully saturated rings. The Morgan fingerprint density at radius 1 is 0.947 bits per heavy atom. The molecule has 0 saturated heterocycles. The molecule has 0 nitrogen and oxygen atoms in total. The standard InChI is InChI=1S/C19H31/c1-4-6-8-10-12-14-16-18-19(3)17-15-13-11-9-7-5-2/h6,8,12-16,18-19H,2,4-5,7,9-11,17H2,1,3H3/q-1/b8-6-,14-12-,15-13-,18-16+. The van der Waals surface area contributed by atoms with Crippen LogP contribution in [-0.4, -0.2) is 0 Å². The van der Waals surface area contributed by atoms with Crippen LogP contribution >= 0.6 is 0 Å². The van der Waals surface area contributed by atoms with Gasteiger partial charge in [-0.15, -0.1) is 0 Å². The van der Waals surface area contributed by atoms with Crippen LogP contribution in [0.1, 0.15) is 58.8 Å². The number of hydrogen-bond donors (Lipinski definition) is 0. The second-order valence-electron chi connectivity index (χ2n) is 4.96. The third-order valence-electron chi connectivity index (χ3n) is 2.91. The molecule has 0 aromatic rings. The second-order valence-corrected chi connectivity index (χ2v) is 4.96. The van der Waals surface area contributed by atoms with Gasteiger partial charge in [-0.25, -0.2) is 0 Å². The molecule has 1 unspecified atom stereocenters. The van der Waals surface area contributed by atoms with E-state index < -0.39 is 0 Å². The average Bonchev–Trinajstić information content (AvgIpc) is 2.41. The maximum absolute atomic E-state index is 3.85. The third kappa shape index (κ3) is 14.9. The van der Waals surface area contributed by atoms with Crippen molar-refractivity contribution in [2.75, 3.05) is 0 Å². The van der Waals surface area contributed by atoms with Gasteiger partial charge in [-0.05, 0) is 31.6 Å². The van der Waals surface area contributed by atoms with Crippen LogP contribution in [0.15, 0.2) is 48.6 Å². The maximum Gasteiger partial charge on any atom is -0.0166 e. The molecule has 0 aromatic heterocycles. The molecule has 0 N–H and O–H groups in total. The lowest BCUT2D eigenvalue weighted by atomic mass is 10.1. The fourth-order valence-corrected chi connectivity index (χ4v) is 1.70. The van der Waals surface area contributed by atoms with E-state index in [-0.39, 0.29) is 0 Å². The Hall–Kier alpha value is -1.04. The van der Waals surface area contributed by atoms with Crippen molar-refractivity contribution in [1.29, 1.82) is 0 Å². The Kier molecular flexibility index (Phi) is 14.2. The summed E-state index contributed by atoms with van der Waals surface area (Å²) >= 11 is 0. The maximum atomic E-state index is 3.85. The largest absolute Gasteiger partial charge is 0.343 e. The van der Waals surface area contributed by atoms with Gasteiger partial charge in [0.25, 0.3) is 0 Å². The molecule has 0 aliphatic carbocycles. The molecule has 0 amide bonds. The molecule has 0 heterocycles. The van der Waals surface area contributed by atoms with Gasteiger partial charge in [0.05, 0.1) is 0 Å². The number of rotatable bonds is 11. The highest BCUT2D eigenvalue weighted by molar-refractivity contribution is 5.06. The molecule has 1 atom stereocenters. The van der Waals surface area contributed by atoms with Crippen molar-refractivity contribution in [3.8, 4) is 0 Å². The van der Waals surface area contributed by atoms with Crippen molar-refractivity contribution in [2.45, 2.75) is 58.8 Å². The predicted molar refractivity (Wildman–Crippen MR) is 89.1 cm³/mol. The first-order chi connectivity index (χ1) is 9.31. The molecular weight excluding hydrogens is 228 g/mol. The molecular formula is C19H31-. The highest BCUT2D eigenvalue weighted by atomic mass is 14.0. The van der Waals surface area contributed by atoms with Crippen LogP contribution in [0.2, 0.25) is 0 Å². The Labute approximate surface area is 121 Å². The molecule has 0 bridgehead atoms. The van der Waals surface area contributed by atoms with Crippen LogP contribution in [0.5, 0.6) is 0 Å². The summed E-state index contributed by atoms with van der Waals surface area (Å²) in [5.74, 6) is 0.625. The van der Waals surface area contributed by atoms with Crippen molar-refractivity contribution < 1.29 is 0 Å². The van der Waals surface area contributed by atoms with Crippen molar-refractivity contribution >= 4 is 0 Å². The van der Waals surface area contributed by atoms with Gasteiger partial charge >= 0.3 is 0 Å². The molecule has 0 aliphatic rings. The van der Waals surface area contributed by atoms with E-state index in [2.05, 4.69) is 69.4 Å². The lowest BCUT2D eigenvalue weighted by Gasteiger charge is -2.00. The van der Waals surface area contributed by atoms with E-state index in [9.17, 15) is 0 Å². The summed E-state index contributed by atoms with van der Waals surface area (Å²) in [5, 5.41) is 0. The molecule has 0 rings (SSSR count). The summed E-state index contributed by atoms with van der Waals surface area (Å²) in [6.45, 7) is 8.28. The number of allylic oxidation sites excluding steroid dienone is 8. The fourth-order valence-electron chi connectivity index (χ4n) is 1.70. The van der Waals surface area contributed by atoms with Crippen LogP contribution in [0, 0.1) is 12.8 Å². The van der Waals surface area contributed by atoms with Gasteiger partial charge in [0.15, 0.2) is 0 Å².